The molecule has 0 aliphatic rings. The summed E-state index contributed by atoms with van der Waals surface area (Å²) in [6.45, 7) is 3.90. The van der Waals surface area contributed by atoms with E-state index >= 15 is 0 Å². The maximum Gasteiger partial charge on any atom is 0.190 e. The molecule has 0 bridgehead atoms. The molecular weight excluding hydrogens is 252 g/mol. The Morgan fingerprint density at radius 1 is 1.47 bits per heavy atom. The lowest BCUT2D eigenvalue weighted by atomic mass is 10.4. The maximum atomic E-state index is 4.11. The molecule has 92 valence electrons. The van der Waals surface area contributed by atoms with E-state index in [1.807, 2.05) is 18.5 Å². The van der Waals surface area contributed by atoms with Crippen molar-refractivity contribution in [2.24, 2.45) is 7.05 Å². The Labute approximate surface area is 109 Å². The third-order valence-corrected chi connectivity index (χ3v) is 4.34. The van der Waals surface area contributed by atoms with Crippen LogP contribution < -0.4 is 5.32 Å². The van der Waals surface area contributed by atoms with E-state index in [4.69, 9.17) is 0 Å². The van der Waals surface area contributed by atoms with E-state index in [1.165, 1.54) is 4.88 Å². The van der Waals surface area contributed by atoms with Crippen LogP contribution >= 0.6 is 23.1 Å². The van der Waals surface area contributed by atoms with E-state index in [-0.39, 0.29) is 0 Å². The van der Waals surface area contributed by atoms with Crippen molar-refractivity contribution in [1.29, 1.82) is 0 Å². The van der Waals surface area contributed by atoms with Crippen LogP contribution in [-0.4, -0.2) is 27.1 Å². The molecule has 0 aliphatic carbocycles. The highest BCUT2D eigenvalue weighted by molar-refractivity contribution is 7.99. The smallest absolute Gasteiger partial charge is 0.190 e. The summed E-state index contributed by atoms with van der Waals surface area (Å²) in [7, 11) is 2.00. The fourth-order valence-electron chi connectivity index (χ4n) is 1.35. The molecule has 6 heteroatoms. The zero-order valence-electron chi connectivity index (χ0n) is 10.0. The number of hydrogen-bond acceptors (Lipinski definition) is 5. The van der Waals surface area contributed by atoms with E-state index in [0.29, 0.717) is 0 Å². The molecule has 4 nitrogen and oxygen atoms in total. The van der Waals surface area contributed by atoms with Crippen molar-refractivity contribution in [3.05, 3.63) is 28.2 Å². The van der Waals surface area contributed by atoms with Crippen LogP contribution in [-0.2, 0) is 13.6 Å². The van der Waals surface area contributed by atoms with Crippen LogP contribution in [0.5, 0.6) is 0 Å². The lowest BCUT2D eigenvalue weighted by molar-refractivity contribution is 0.734. The quantitative estimate of drug-likeness (QED) is 0.643. The van der Waals surface area contributed by atoms with Gasteiger partial charge < -0.3 is 9.88 Å². The maximum absolute atomic E-state index is 4.11. The first-order chi connectivity index (χ1) is 8.27. The molecule has 0 unspecified atom stereocenters. The number of nitrogens with one attached hydrogen (secondary N) is 1. The monoisotopic (exact) mass is 268 g/mol. The highest BCUT2D eigenvalue weighted by Gasteiger charge is 2.04. The van der Waals surface area contributed by atoms with Crippen molar-refractivity contribution in [3.8, 4) is 0 Å². The molecular formula is C11H16N4S2. The summed E-state index contributed by atoms with van der Waals surface area (Å²) < 4.78 is 2.02. The average Bonchev–Trinajstić information content (AvgIpc) is 2.93. The molecule has 0 saturated carbocycles. The van der Waals surface area contributed by atoms with Crippen molar-refractivity contribution in [3.63, 3.8) is 0 Å². The van der Waals surface area contributed by atoms with Crippen LogP contribution in [0.4, 0.5) is 0 Å². The van der Waals surface area contributed by atoms with Gasteiger partial charge in [0.15, 0.2) is 5.16 Å². The predicted octanol–water partition coefficient (Wildman–Crippen LogP) is 2.07. The van der Waals surface area contributed by atoms with Crippen LogP contribution in [0.1, 0.15) is 10.7 Å². The van der Waals surface area contributed by atoms with Gasteiger partial charge in [-0.3, -0.25) is 0 Å². The lowest BCUT2D eigenvalue weighted by Gasteiger charge is -2.03. The molecule has 2 aromatic rings. The van der Waals surface area contributed by atoms with Crippen LogP contribution in [0, 0.1) is 6.92 Å². The highest BCUT2D eigenvalue weighted by atomic mass is 32.2. The molecule has 0 atom stereocenters. The van der Waals surface area contributed by atoms with Crippen molar-refractivity contribution < 1.29 is 0 Å². The van der Waals surface area contributed by atoms with E-state index < -0.39 is 0 Å². The highest BCUT2D eigenvalue weighted by Crippen LogP contribution is 2.14. The molecule has 0 radical (unpaired) electrons. The van der Waals surface area contributed by atoms with Crippen LogP contribution in [0.25, 0.3) is 0 Å². The van der Waals surface area contributed by atoms with E-state index in [1.54, 1.807) is 23.1 Å². The Balaban J connectivity index is 1.65. The predicted molar refractivity (Wildman–Crippen MR) is 72.5 cm³/mol. The van der Waals surface area contributed by atoms with Gasteiger partial charge in [-0.1, -0.05) is 17.8 Å². The Hall–Kier alpha value is -0.850. The Bertz CT molecular complexity index is 450. The standard InChI is InChI=1S/C11H16N4S2/c1-9-13-14-11(15(9)2)17-7-5-12-8-10-4-3-6-16-10/h3-4,6,12H,5,7-8H2,1-2H3. The van der Waals surface area contributed by atoms with E-state index in [2.05, 4.69) is 33.0 Å². The van der Waals surface area contributed by atoms with Crippen molar-refractivity contribution in [2.75, 3.05) is 12.3 Å². The number of thiophene rings is 1. The summed E-state index contributed by atoms with van der Waals surface area (Å²) in [6, 6.07) is 4.23. The first-order valence-corrected chi connectivity index (χ1v) is 7.36. The molecule has 1 N–H and O–H groups in total. The van der Waals surface area contributed by atoms with Crippen molar-refractivity contribution in [1.82, 2.24) is 20.1 Å². The topological polar surface area (TPSA) is 42.7 Å². The van der Waals surface area contributed by atoms with Gasteiger partial charge in [-0.25, -0.2) is 0 Å². The first-order valence-electron chi connectivity index (χ1n) is 5.49. The molecule has 0 fully saturated rings. The second-order valence-electron chi connectivity index (χ2n) is 3.69. The SMILES string of the molecule is Cc1nnc(SCCNCc2cccs2)n1C. The number of thioether (sulfide) groups is 1. The summed E-state index contributed by atoms with van der Waals surface area (Å²) in [6.07, 6.45) is 0. The molecule has 0 aliphatic heterocycles. The molecule has 0 aromatic carbocycles. The normalized spacial score (nSPS) is 10.9. The van der Waals surface area contributed by atoms with Gasteiger partial charge in [0.1, 0.15) is 5.82 Å². The van der Waals surface area contributed by atoms with E-state index in [0.717, 1.165) is 29.8 Å². The van der Waals surface area contributed by atoms with Gasteiger partial charge in [0.25, 0.3) is 0 Å². The van der Waals surface area contributed by atoms with E-state index in [9.17, 15) is 0 Å². The zero-order valence-corrected chi connectivity index (χ0v) is 11.6. The third kappa shape index (κ3) is 3.55. The summed E-state index contributed by atoms with van der Waals surface area (Å²) in [5.74, 6) is 1.97. The number of aromatic nitrogens is 3. The minimum atomic E-state index is 0.954. The second-order valence-corrected chi connectivity index (χ2v) is 5.79. The minimum absolute atomic E-state index is 0.954. The lowest BCUT2D eigenvalue weighted by Crippen LogP contribution is -2.16. The second kappa shape index (κ2) is 6.18. The largest absolute Gasteiger partial charge is 0.311 e. The first kappa shape index (κ1) is 12.6. The van der Waals surface area contributed by atoms with Crippen molar-refractivity contribution in [2.45, 2.75) is 18.6 Å². The zero-order chi connectivity index (χ0) is 12.1. The third-order valence-electron chi connectivity index (χ3n) is 2.44. The van der Waals surface area contributed by atoms with Crippen molar-refractivity contribution >= 4 is 23.1 Å². The van der Waals surface area contributed by atoms with Gasteiger partial charge in [0.2, 0.25) is 0 Å². The Morgan fingerprint density at radius 3 is 3.00 bits per heavy atom. The average molecular weight is 268 g/mol. The Morgan fingerprint density at radius 2 is 2.35 bits per heavy atom. The fourth-order valence-corrected chi connectivity index (χ4v) is 2.88. The molecule has 0 amide bonds. The van der Waals surface area contributed by atoms with Gasteiger partial charge in [-0.05, 0) is 18.4 Å². The van der Waals surface area contributed by atoms with Gasteiger partial charge in [0.05, 0.1) is 0 Å². The van der Waals surface area contributed by atoms with Gasteiger partial charge in [0, 0.05) is 30.8 Å². The van der Waals surface area contributed by atoms with Gasteiger partial charge in [-0.2, -0.15) is 0 Å². The summed E-state index contributed by atoms with van der Waals surface area (Å²) in [4.78, 5) is 1.38. The minimum Gasteiger partial charge on any atom is -0.311 e. The summed E-state index contributed by atoms with van der Waals surface area (Å²) >= 11 is 3.52. The number of aryl methyl sites for hydroxylation is 1. The van der Waals surface area contributed by atoms with Gasteiger partial charge in [-0.15, -0.1) is 21.5 Å². The van der Waals surface area contributed by atoms with Crippen LogP contribution in [0.3, 0.4) is 0 Å². The Kier molecular flexibility index (Phi) is 4.58. The number of rotatable bonds is 6. The molecule has 2 rings (SSSR count). The molecule has 0 saturated heterocycles. The number of nitrogens with zero attached hydrogens (tertiary/aromatic N) is 3. The fraction of sp³-hybridized carbons (Fsp3) is 0.455. The molecule has 2 aromatic heterocycles. The van der Waals surface area contributed by atoms with Crippen LogP contribution in [0.2, 0.25) is 0 Å². The van der Waals surface area contributed by atoms with Crippen LogP contribution in [0.15, 0.2) is 22.7 Å². The molecule has 17 heavy (non-hydrogen) atoms. The summed E-state index contributed by atoms with van der Waals surface area (Å²) in [5.41, 5.74) is 0. The molecule has 2 heterocycles. The summed E-state index contributed by atoms with van der Waals surface area (Å²) in [5, 5.41) is 14.7. The number of hydrogen-bond donors (Lipinski definition) is 1. The molecule has 0 spiro atoms. The van der Waals surface area contributed by atoms with Gasteiger partial charge >= 0.3 is 0 Å².